The maximum absolute atomic E-state index is 6.09. The lowest BCUT2D eigenvalue weighted by Crippen LogP contribution is -1.97. The lowest BCUT2D eigenvalue weighted by Gasteiger charge is -2.11. The van der Waals surface area contributed by atoms with Crippen molar-refractivity contribution in [3.63, 3.8) is 0 Å². The van der Waals surface area contributed by atoms with Crippen molar-refractivity contribution in [2.24, 2.45) is 0 Å². The number of halogens is 2. The van der Waals surface area contributed by atoms with Gasteiger partial charge in [0.2, 0.25) is 0 Å². The number of hydrogen-bond donors (Lipinski definition) is 0. The topological polar surface area (TPSA) is 27.7 Å². The molecule has 0 unspecified atom stereocenters. The van der Waals surface area contributed by atoms with Crippen molar-refractivity contribution in [2.75, 3.05) is 14.2 Å². The van der Waals surface area contributed by atoms with Gasteiger partial charge < -0.3 is 14.2 Å². The highest BCUT2D eigenvalue weighted by molar-refractivity contribution is 6.35. The molecule has 0 atom stereocenters. The highest BCUT2D eigenvalue weighted by atomic mass is 35.5. The summed E-state index contributed by atoms with van der Waals surface area (Å²) < 4.78 is 16.1. The number of benzene rings is 2. The van der Waals surface area contributed by atoms with Gasteiger partial charge in [0.05, 0.1) is 14.2 Å². The van der Waals surface area contributed by atoms with Crippen molar-refractivity contribution in [2.45, 2.75) is 6.61 Å². The molecule has 0 aliphatic carbocycles. The lowest BCUT2D eigenvalue weighted by atomic mass is 10.2. The van der Waals surface area contributed by atoms with Gasteiger partial charge in [-0.15, -0.1) is 0 Å². The first-order valence-electron chi connectivity index (χ1n) is 5.93. The Hall–Kier alpha value is -1.58. The van der Waals surface area contributed by atoms with Gasteiger partial charge in [0.25, 0.3) is 0 Å². The Bertz CT molecular complexity index is 600. The van der Waals surface area contributed by atoms with E-state index < -0.39 is 0 Å². The third-order valence-electron chi connectivity index (χ3n) is 2.76. The predicted octanol–water partition coefficient (Wildman–Crippen LogP) is 4.59. The molecule has 0 fully saturated rings. The van der Waals surface area contributed by atoms with Crippen LogP contribution in [-0.2, 0) is 6.61 Å². The molecular formula is C15H14Cl2O3. The molecule has 0 spiro atoms. The molecule has 0 bridgehead atoms. The summed E-state index contributed by atoms with van der Waals surface area (Å²) in [5.41, 5.74) is 0.867. The van der Waals surface area contributed by atoms with Crippen molar-refractivity contribution in [1.29, 1.82) is 0 Å². The largest absolute Gasteiger partial charge is 0.493 e. The summed E-state index contributed by atoms with van der Waals surface area (Å²) in [7, 11) is 3.17. The molecule has 20 heavy (non-hydrogen) atoms. The van der Waals surface area contributed by atoms with Crippen LogP contribution >= 0.6 is 23.2 Å². The molecule has 0 radical (unpaired) electrons. The molecule has 0 saturated heterocycles. The molecular weight excluding hydrogens is 299 g/mol. The Labute approximate surface area is 128 Å². The van der Waals surface area contributed by atoms with Crippen molar-refractivity contribution in [1.82, 2.24) is 0 Å². The van der Waals surface area contributed by atoms with Crippen molar-refractivity contribution >= 4 is 23.2 Å². The molecule has 2 rings (SSSR count). The molecule has 5 heteroatoms. The minimum Gasteiger partial charge on any atom is -0.493 e. The first-order valence-corrected chi connectivity index (χ1v) is 6.68. The molecule has 0 aliphatic rings. The van der Waals surface area contributed by atoms with Crippen LogP contribution in [0.2, 0.25) is 10.0 Å². The average Bonchev–Trinajstić information content (AvgIpc) is 2.46. The van der Waals surface area contributed by atoms with Crippen LogP contribution in [0.25, 0.3) is 0 Å². The molecule has 3 nitrogen and oxygen atoms in total. The van der Waals surface area contributed by atoms with E-state index in [9.17, 15) is 0 Å². The Morgan fingerprint density at radius 1 is 0.900 bits per heavy atom. The smallest absolute Gasteiger partial charge is 0.164 e. The van der Waals surface area contributed by atoms with Crippen LogP contribution in [0.1, 0.15) is 5.56 Å². The summed E-state index contributed by atoms with van der Waals surface area (Å²) in [5.74, 6) is 1.95. The second-order valence-corrected chi connectivity index (χ2v) is 4.88. The van der Waals surface area contributed by atoms with E-state index in [1.54, 1.807) is 38.5 Å². The SMILES string of the molecule is COc1ccc(OCc2ccc(Cl)cc2Cl)cc1OC. The second kappa shape index (κ2) is 6.73. The standard InChI is InChI=1S/C15H14Cl2O3/c1-18-14-6-5-12(8-15(14)19-2)20-9-10-3-4-11(16)7-13(10)17/h3-8H,9H2,1-2H3. The molecule has 0 aliphatic heterocycles. The maximum atomic E-state index is 6.09. The van der Waals surface area contributed by atoms with Crippen LogP contribution in [0.5, 0.6) is 17.2 Å². The van der Waals surface area contributed by atoms with Gasteiger partial charge in [-0.3, -0.25) is 0 Å². The van der Waals surface area contributed by atoms with Crippen LogP contribution in [0, 0.1) is 0 Å². The molecule has 0 amide bonds. The van der Waals surface area contributed by atoms with Crippen molar-refractivity contribution in [3.05, 3.63) is 52.0 Å². The second-order valence-electron chi connectivity index (χ2n) is 4.04. The molecule has 0 saturated carbocycles. The number of hydrogen-bond acceptors (Lipinski definition) is 3. The number of methoxy groups -OCH3 is 2. The van der Waals surface area contributed by atoms with E-state index in [0.29, 0.717) is 33.9 Å². The monoisotopic (exact) mass is 312 g/mol. The Kier molecular flexibility index (Phi) is 4.99. The Morgan fingerprint density at radius 2 is 1.65 bits per heavy atom. The zero-order chi connectivity index (χ0) is 14.5. The van der Waals surface area contributed by atoms with E-state index in [1.165, 1.54) is 0 Å². The molecule has 106 valence electrons. The summed E-state index contributed by atoms with van der Waals surface area (Å²) in [5, 5.41) is 1.18. The molecule has 0 N–H and O–H groups in total. The zero-order valence-electron chi connectivity index (χ0n) is 11.2. The fraction of sp³-hybridized carbons (Fsp3) is 0.200. The fourth-order valence-corrected chi connectivity index (χ4v) is 2.17. The number of rotatable bonds is 5. The van der Waals surface area contributed by atoms with E-state index in [4.69, 9.17) is 37.4 Å². The highest BCUT2D eigenvalue weighted by Gasteiger charge is 2.07. The van der Waals surface area contributed by atoms with E-state index in [1.807, 2.05) is 12.1 Å². The minimum atomic E-state index is 0.353. The lowest BCUT2D eigenvalue weighted by molar-refractivity contribution is 0.300. The van der Waals surface area contributed by atoms with Crippen LogP contribution in [-0.4, -0.2) is 14.2 Å². The van der Waals surface area contributed by atoms with Gasteiger partial charge in [-0.25, -0.2) is 0 Å². The minimum absolute atomic E-state index is 0.353. The summed E-state index contributed by atoms with van der Waals surface area (Å²) in [4.78, 5) is 0. The Morgan fingerprint density at radius 3 is 2.30 bits per heavy atom. The van der Waals surface area contributed by atoms with Gasteiger partial charge in [-0.2, -0.15) is 0 Å². The van der Waals surface area contributed by atoms with Gasteiger partial charge in [0.1, 0.15) is 12.4 Å². The van der Waals surface area contributed by atoms with Crippen LogP contribution < -0.4 is 14.2 Å². The van der Waals surface area contributed by atoms with Crippen LogP contribution in [0.4, 0.5) is 0 Å². The summed E-state index contributed by atoms with van der Waals surface area (Å²) in [6.45, 7) is 0.353. The quantitative estimate of drug-likeness (QED) is 0.808. The molecule has 2 aromatic rings. The van der Waals surface area contributed by atoms with Gasteiger partial charge in [-0.1, -0.05) is 29.3 Å². The van der Waals surface area contributed by atoms with E-state index >= 15 is 0 Å². The van der Waals surface area contributed by atoms with Gasteiger partial charge in [-0.05, 0) is 24.3 Å². The normalized spacial score (nSPS) is 10.2. The van der Waals surface area contributed by atoms with Crippen molar-refractivity contribution < 1.29 is 14.2 Å². The molecule has 0 heterocycles. The van der Waals surface area contributed by atoms with Gasteiger partial charge in [0.15, 0.2) is 11.5 Å². The van der Waals surface area contributed by atoms with E-state index in [2.05, 4.69) is 0 Å². The summed E-state index contributed by atoms with van der Waals surface area (Å²) in [6.07, 6.45) is 0. The van der Waals surface area contributed by atoms with Gasteiger partial charge >= 0.3 is 0 Å². The predicted molar refractivity (Wildman–Crippen MR) is 80.3 cm³/mol. The van der Waals surface area contributed by atoms with Crippen molar-refractivity contribution in [3.8, 4) is 17.2 Å². The van der Waals surface area contributed by atoms with E-state index in [-0.39, 0.29) is 0 Å². The average molecular weight is 313 g/mol. The summed E-state index contributed by atoms with van der Waals surface area (Å²) >= 11 is 11.9. The van der Waals surface area contributed by atoms with E-state index in [0.717, 1.165) is 5.56 Å². The Balaban J connectivity index is 2.10. The van der Waals surface area contributed by atoms with Gasteiger partial charge in [0, 0.05) is 21.7 Å². The number of ether oxygens (including phenoxy) is 3. The highest BCUT2D eigenvalue weighted by Crippen LogP contribution is 2.31. The zero-order valence-corrected chi connectivity index (χ0v) is 12.7. The van der Waals surface area contributed by atoms with Crippen LogP contribution in [0.3, 0.4) is 0 Å². The molecule has 2 aromatic carbocycles. The summed E-state index contributed by atoms with van der Waals surface area (Å²) in [6, 6.07) is 10.7. The van der Waals surface area contributed by atoms with Crippen LogP contribution in [0.15, 0.2) is 36.4 Å². The molecule has 0 aromatic heterocycles. The third kappa shape index (κ3) is 3.50. The first kappa shape index (κ1) is 14.8. The first-order chi connectivity index (χ1) is 9.63. The fourth-order valence-electron chi connectivity index (χ4n) is 1.71. The maximum Gasteiger partial charge on any atom is 0.164 e. The third-order valence-corrected chi connectivity index (χ3v) is 3.35.